The number of hydrogen-bond donors (Lipinski definition) is 1. The third-order valence-electron chi connectivity index (χ3n) is 4.09. The van der Waals surface area contributed by atoms with Crippen LogP contribution in [-0.4, -0.2) is 53.5 Å². The van der Waals surface area contributed by atoms with Gasteiger partial charge >= 0.3 is 0 Å². The van der Waals surface area contributed by atoms with Gasteiger partial charge in [-0.25, -0.2) is 13.8 Å². The fourth-order valence-electron chi connectivity index (χ4n) is 2.74. The summed E-state index contributed by atoms with van der Waals surface area (Å²) in [6.07, 6.45) is 1.91. The van der Waals surface area contributed by atoms with Crippen LogP contribution in [0.3, 0.4) is 0 Å². The average molecular weight is 311 g/mol. The summed E-state index contributed by atoms with van der Waals surface area (Å²) in [6.45, 7) is 1.17. The molecular formula is C14H15F2N3O3. The third-order valence-corrected chi connectivity index (χ3v) is 4.09. The minimum Gasteiger partial charge on any atom is -0.363 e. The molecule has 0 saturated carbocycles. The van der Waals surface area contributed by atoms with Crippen LogP contribution in [0.25, 0.3) is 0 Å². The largest absolute Gasteiger partial charge is 0.363 e. The number of halogens is 2. The van der Waals surface area contributed by atoms with Gasteiger partial charge in [-0.15, -0.1) is 0 Å². The van der Waals surface area contributed by atoms with Crippen LogP contribution in [-0.2, 0) is 9.53 Å². The number of aromatic nitrogens is 1. The average Bonchev–Trinajstić information content (AvgIpc) is 2.51. The van der Waals surface area contributed by atoms with E-state index >= 15 is 0 Å². The van der Waals surface area contributed by atoms with E-state index in [-0.39, 0.29) is 18.2 Å². The smallest absolute Gasteiger partial charge is 0.275 e. The van der Waals surface area contributed by atoms with Gasteiger partial charge in [0, 0.05) is 25.7 Å². The highest BCUT2D eigenvalue weighted by atomic mass is 19.1. The number of rotatable bonds is 1. The van der Waals surface area contributed by atoms with Gasteiger partial charge in [0.2, 0.25) is 5.91 Å². The summed E-state index contributed by atoms with van der Waals surface area (Å²) in [5, 5.41) is 2.75. The first-order valence-corrected chi connectivity index (χ1v) is 7.00. The number of likely N-dealkylation sites (tertiary alicyclic amines) is 1. The van der Waals surface area contributed by atoms with Crippen LogP contribution in [0.5, 0.6) is 0 Å². The van der Waals surface area contributed by atoms with Crippen LogP contribution >= 0.6 is 0 Å². The number of pyridine rings is 1. The summed E-state index contributed by atoms with van der Waals surface area (Å²) >= 11 is 0. The van der Waals surface area contributed by atoms with Gasteiger partial charge in [0.15, 0.2) is 11.5 Å². The monoisotopic (exact) mass is 311 g/mol. The highest BCUT2D eigenvalue weighted by Crippen LogP contribution is 2.28. The first-order chi connectivity index (χ1) is 10.5. The molecule has 2 fully saturated rings. The van der Waals surface area contributed by atoms with Crippen molar-refractivity contribution >= 4 is 11.8 Å². The van der Waals surface area contributed by atoms with Crippen molar-refractivity contribution in [3.8, 4) is 0 Å². The number of piperidine rings is 1. The predicted octanol–water partition coefficient (Wildman–Crippen LogP) is 0.481. The van der Waals surface area contributed by atoms with Crippen molar-refractivity contribution in [1.82, 2.24) is 15.2 Å². The quantitative estimate of drug-likeness (QED) is 0.819. The van der Waals surface area contributed by atoms with E-state index in [9.17, 15) is 18.4 Å². The Balaban J connectivity index is 1.66. The van der Waals surface area contributed by atoms with Crippen molar-refractivity contribution in [3.05, 3.63) is 29.6 Å². The third kappa shape index (κ3) is 2.78. The minimum atomic E-state index is -0.966. The van der Waals surface area contributed by atoms with Crippen molar-refractivity contribution < 1.29 is 23.1 Å². The van der Waals surface area contributed by atoms with Crippen LogP contribution in [0.15, 0.2) is 12.3 Å². The highest BCUT2D eigenvalue weighted by Gasteiger charge is 2.40. The van der Waals surface area contributed by atoms with E-state index < -0.39 is 23.1 Å². The molecule has 22 heavy (non-hydrogen) atoms. The number of amides is 2. The summed E-state index contributed by atoms with van der Waals surface area (Å²) in [5.41, 5.74) is -0.838. The van der Waals surface area contributed by atoms with Crippen LogP contribution in [0.4, 0.5) is 8.78 Å². The Hall–Kier alpha value is -2.09. The lowest BCUT2D eigenvalue weighted by Gasteiger charge is -2.43. The molecule has 118 valence electrons. The molecule has 0 bridgehead atoms. The molecule has 2 amide bonds. The van der Waals surface area contributed by atoms with E-state index in [0.717, 1.165) is 6.20 Å². The van der Waals surface area contributed by atoms with Crippen LogP contribution in [0.2, 0.25) is 0 Å². The number of morpholine rings is 1. The Kier molecular flexibility index (Phi) is 3.78. The molecule has 1 spiro atoms. The summed E-state index contributed by atoms with van der Waals surface area (Å²) in [6, 6.07) is 0.644. The number of carbonyl (C=O) groups excluding carboxylic acids is 2. The SMILES string of the molecule is O=C1COC2(CCN(C(=O)c3ncc(F)cc3F)CC2)CN1. The number of nitrogens with one attached hydrogen (secondary N) is 1. The molecule has 6 nitrogen and oxygen atoms in total. The Morgan fingerprint density at radius 3 is 2.68 bits per heavy atom. The van der Waals surface area contributed by atoms with Gasteiger partial charge in [0.25, 0.3) is 5.91 Å². The van der Waals surface area contributed by atoms with Crippen molar-refractivity contribution in [2.24, 2.45) is 0 Å². The molecule has 8 heteroatoms. The summed E-state index contributed by atoms with van der Waals surface area (Å²) in [5.74, 6) is -2.50. The van der Waals surface area contributed by atoms with Gasteiger partial charge in [0.05, 0.1) is 11.8 Å². The molecule has 0 aromatic carbocycles. The van der Waals surface area contributed by atoms with Gasteiger partial charge in [-0.1, -0.05) is 0 Å². The zero-order chi connectivity index (χ0) is 15.7. The van der Waals surface area contributed by atoms with E-state index in [2.05, 4.69) is 10.3 Å². The molecule has 2 aliphatic heterocycles. The first-order valence-electron chi connectivity index (χ1n) is 7.00. The molecule has 3 heterocycles. The van der Waals surface area contributed by atoms with Gasteiger partial charge in [-0.3, -0.25) is 9.59 Å². The fraction of sp³-hybridized carbons (Fsp3) is 0.500. The summed E-state index contributed by atoms with van der Waals surface area (Å²) < 4.78 is 32.1. The molecule has 3 rings (SSSR count). The second kappa shape index (κ2) is 5.60. The van der Waals surface area contributed by atoms with Crippen LogP contribution < -0.4 is 5.32 Å². The van der Waals surface area contributed by atoms with Crippen molar-refractivity contribution in [2.45, 2.75) is 18.4 Å². The minimum absolute atomic E-state index is 0.0160. The molecule has 1 aromatic rings. The second-order valence-electron chi connectivity index (χ2n) is 5.52. The Labute approximate surface area is 125 Å². The van der Waals surface area contributed by atoms with Crippen molar-refractivity contribution in [1.29, 1.82) is 0 Å². The Morgan fingerprint density at radius 2 is 2.09 bits per heavy atom. The maximum absolute atomic E-state index is 13.6. The van der Waals surface area contributed by atoms with Gasteiger partial charge < -0.3 is 15.0 Å². The maximum atomic E-state index is 13.6. The van der Waals surface area contributed by atoms with Gasteiger partial charge in [-0.05, 0) is 12.8 Å². The zero-order valence-electron chi connectivity index (χ0n) is 11.8. The fourth-order valence-corrected chi connectivity index (χ4v) is 2.74. The molecule has 2 aliphatic rings. The lowest BCUT2D eigenvalue weighted by molar-refractivity contribution is -0.149. The van der Waals surface area contributed by atoms with Gasteiger partial charge in [-0.2, -0.15) is 0 Å². The zero-order valence-corrected chi connectivity index (χ0v) is 11.8. The standard InChI is InChI=1S/C14H15F2N3O3/c15-9-5-10(16)12(17-6-9)13(21)19-3-1-14(2-4-19)8-18-11(20)7-22-14/h5-6H,1-4,7-8H2,(H,18,20). The van der Waals surface area contributed by atoms with E-state index in [0.29, 0.717) is 38.5 Å². The summed E-state index contributed by atoms with van der Waals surface area (Å²) in [7, 11) is 0. The van der Waals surface area contributed by atoms with Gasteiger partial charge in [0.1, 0.15) is 12.4 Å². The number of ether oxygens (including phenoxy) is 1. The summed E-state index contributed by atoms with van der Waals surface area (Å²) in [4.78, 5) is 28.4. The normalized spacial score (nSPS) is 20.8. The van der Waals surface area contributed by atoms with Crippen molar-refractivity contribution in [3.63, 3.8) is 0 Å². The van der Waals surface area contributed by atoms with Crippen LogP contribution in [0, 0.1) is 11.6 Å². The predicted molar refractivity (Wildman–Crippen MR) is 71.0 cm³/mol. The number of hydrogen-bond acceptors (Lipinski definition) is 4. The Morgan fingerprint density at radius 1 is 1.36 bits per heavy atom. The number of carbonyl (C=O) groups is 2. The maximum Gasteiger partial charge on any atom is 0.275 e. The molecule has 0 unspecified atom stereocenters. The Bertz CT molecular complexity index is 603. The molecule has 2 saturated heterocycles. The van der Waals surface area contributed by atoms with Crippen molar-refractivity contribution in [2.75, 3.05) is 26.2 Å². The molecule has 1 N–H and O–H groups in total. The van der Waals surface area contributed by atoms with E-state index in [1.54, 1.807) is 0 Å². The molecular weight excluding hydrogens is 296 g/mol. The van der Waals surface area contributed by atoms with E-state index in [4.69, 9.17) is 4.74 Å². The molecule has 0 atom stereocenters. The van der Waals surface area contributed by atoms with E-state index in [1.165, 1.54) is 4.90 Å². The molecule has 0 aliphatic carbocycles. The highest BCUT2D eigenvalue weighted by molar-refractivity contribution is 5.92. The molecule has 1 aromatic heterocycles. The lowest BCUT2D eigenvalue weighted by Crippen LogP contribution is -2.58. The topological polar surface area (TPSA) is 71.5 Å². The first kappa shape index (κ1) is 14.8. The van der Waals surface area contributed by atoms with Crippen LogP contribution in [0.1, 0.15) is 23.3 Å². The second-order valence-corrected chi connectivity index (χ2v) is 5.52. The molecule has 0 radical (unpaired) electrons. The lowest BCUT2D eigenvalue weighted by atomic mass is 9.90. The van der Waals surface area contributed by atoms with E-state index in [1.807, 2.05) is 0 Å². The number of nitrogens with zero attached hydrogens (tertiary/aromatic N) is 2.